The molecule has 0 aromatic heterocycles. The molecule has 0 spiro atoms. The number of phenolic OH excluding ortho intramolecular Hbond substituents is 1. The normalized spacial score (nSPS) is 19.2. The SMILES string of the molecule is CCCOc1cc2c(cc1O)CCNC2C. The molecular weight excluding hydrogens is 202 g/mol. The first kappa shape index (κ1) is 11.3. The molecule has 16 heavy (non-hydrogen) atoms. The molecule has 1 aliphatic heterocycles. The van der Waals surface area contributed by atoms with E-state index in [9.17, 15) is 5.11 Å². The maximum Gasteiger partial charge on any atom is 0.161 e. The minimum absolute atomic E-state index is 0.265. The predicted molar refractivity (Wildman–Crippen MR) is 64.0 cm³/mol. The second kappa shape index (κ2) is 4.74. The summed E-state index contributed by atoms with van der Waals surface area (Å²) in [5.74, 6) is 0.873. The van der Waals surface area contributed by atoms with Crippen LogP contribution in [0.25, 0.3) is 0 Å². The predicted octanol–water partition coefficient (Wildman–Crippen LogP) is 2.39. The molecule has 3 heteroatoms. The zero-order valence-corrected chi connectivity index (χ0v) is 9.92. The molecule has 0 amide bonds. The Kier molecular flexibility index (Phi) is 3.34. The summed E-state index contributed by atoms with van der Waals surface area (Å²) in [5, 5.41) is 13.2. The summed E-state index contributed by atoms with van der Waals surface area (Å²) in [4.78, 5) is 0. The lowest BCUT2D eigenvalue weighted by Gasteiger charge is -2.25. The van der Waals surface area contributed by atoms with Crippen molar-refractivity contribution in [2.24, 2.45) is 0 Å². The van der Waals surface area contributed by atoms with Crippen molar-refractivity contribution in [1.82, 2.24) is 5.32 Å². The van der Waals surface area contributed by atoms with Crippen molar-refractivity contribution in [2.75, 3.05) is 13.2 Å². The van der Waals surface area contributed by atoms with Gasteiger partial charge in [-0.25, -0.2) is 0 Å². The van der Waals surface area contributed by atoms with Crippen molar-refractivity contribution in [2.45, 2.75) is 32.7 Å². The molecule has 0 bridgehead atoms. The van der Waals surface area contributed by atoms with Gasteiger partial charge in [0.1, 0.15) is 0 Å². The van der Waals surface area contributed by atoms with Crippen LogP contribution >= 0.6 is 0 Å². The Labute approximate surface area is 96.4 Å². The molecule has 0 saturated carbocycles. The van der Waals surface area contributed by atoms with E-state index in [2.05, 4.69) is 19.2 Å². The molecule has 2 N–H and O–H groups in total. The molecule has 2 rings (SSSR count). The Morgan fingerprint density at radius 3 is 3.06 bits per heavy atom. The van der Waals surface area contributed by atoms with Crippen molar-refractivity contribution in [3.63, 3.8) is 0 Å². The molecule has 0 saturated heterocycles. The quantitative estimate of drug-likeness (QED) is 0.823. The summed E-state index contributed by atoms with van der Waals surface area (Å²) >= 11 is 0. The van der Waals surface area contributed by atoms with Gasteiger partial charge < -0.3 is 15.2 Å². The van der Waals surface area contributed by atoms with Gasteiger partial charge in [-0.15, -0.1) is 0 Å². The molecular formula is C13H19NO2. The van der Waals surface area contributed by atoms with Gasteiger partial charge in [-0.1, -0.05) is 6.92 Å². The Morgan fingerprint density at radius 2 is 2.31 bits per heavy atom. The fourth-order valence-electron chi connectivity index (χ4n) is 2.11. The van der Waals surface area contributed by atoms with E-state index in [1.807, 2.05) is 12.1 Å². The van der Waals surface area contributed by atoms with Crippen LogP contribution in [-0.2, 0) is 6.42 Å². The first-order chi connectivity index (χ1) is 7.72. The Morgan fingerprint density at radius 1 is 1.50 bits per heavy atom. The molecule has 3 nitrogen and oxygen atoms in total. The molecule has 0 aliphatic carbocycles. The highest BCUT2D eigenvalue weighted by atomic mass is 16.5. The third-order valence-electron chi connectivity index (χ3n) is 2.99. The van der Waals surface area contributed by atoms with Crippen molar-refractivity contribution in [1.29, 1.82) is 0 Å². The lowest BCUT2D eigenvalue weighted by Crippen LogP contribution is -2.27. The summed E-state index contributed by atoms with van der Waals surface area (Å²) in [6.45, 7) is 5.81. The summed E-state index contributed by atoms with van der Waals surface area (Å²) in [6.07, 6.45) is 1.92. The van der Waals surface area contributed by atoms with Gasteiger partial charge >= 0.3 is 0 Å². The fourth-order valence-corrected chi connectivity index (χ4v) is 2.11. The lowest BCUT2D eigenvalue weighted by molar-refractivity contribution is 0.298. The number of ether oxygens (including phenoxy) is 1. The van der Waals surface area contributed by atoms with Crippen LogP contribution in [0.3, 0.4) is 0 Å². The van der Waals surface area contributed by atoms with E-state index >= 15 is 0 Å². The maximum atomic E-state index is 9.83. The zero-order valence-electron chi connectivity index (χ0n) is 9.92. The van der Waals surface area contributed by atoms with Crippen LogP contribution in [-0.4, -0.2) is 18.3 Å². The van der Waals surface area contributed by atoms with Gasteiger partial charge in [0.25, 0.3) is 0 Å². The van der Waals surface area contributed by atoms with Crippen LogP contribution in [0.2, 0.25) is 0 Å². The van der Waals surface area contributed by atoms with E-state index in [1.165, 1.54) is 11.1 Å². The number of fused-ring (bicyclic) bond motifs is 1. The van der Waals surface area contributed by atoms with E-state index in [4.69, 9.17) is 4.74 Å². The van der Waals surface area contributed by atoms with E-state index in [-0.39, 0.29) is 5.75 Å². The summed E-state index contributed by atoms with van der Waals surface area (Å²) in [6, 6.07) is 4.16. The topological polar surface area (TPSA) is 41.5 Å². The third kappa shape index (κ3) is 2.14. The summed E-state index contributed by atoms with van der Waals surface area (Å²) in [7, 11) is 0. The standard InChI is InChI=1S/C13H19NO2/c1-3-6-16-13-8-11-9(2)14-5-4-10(11)7-12(13)15/h7-9,14-15H,3-6H2,1-2H3. The molecule has 1 aliphatic rings. The van der Waals surface area contributed by atoms with Gasteiger partial charge in [0.2, 0.25) is 0 Å². The average molecular weight is 221 g/mol. The minimum atomic E-state index is 0.265. The van der Waals surface area contributed by atoms with Gasteiger partial charge in [-0.05, 0) is 49.6 Å². The number of hydrogen-bond donors (Lipinski definition) is 2. The van der Waals surface area contributed by atoms with Crippen LogP contribution in [0, 0.1) is 0 Å². The van der Waals surface area contributed by atoms with Crippen LogP contribution in [0.4, 0.5) is 0 Å². The highest BCUT2D eigenvalue weighted by Crippen LogP contribution is 2.34. The molecule has 1 aromatic carbocycles. The Hall–Kier alpha value is -1.22. The Balaban J connectivity index is 2.30. The molecule has 1 unspecified atom stereocenters. The highest BCUT2D eigenvalue weighted by molar-refractivity contribution is 5.48. The van der Waals surface area contributed by atoms with Crippen LogP contribution in [0.1, 0.15) is 37.4 Å². The van der Waals surface area contributed by atoms with Crippen LogP contribution in [0.5, 0.6) is 11.5 Å². The first-order valence-corrected chi connectivity index (χ1v) is 5.94. The monoisotopic (exact) mass is 221 g/mol. The first-order valence-electron chi connectivity index (χ1n) is 5.94. The second-order valence-corrected chi connectivity index (χ2v) is 4.29. The van der Waals surface area contributed by atoms with E-state index in [1.54, 1.807) is 0 Å². The van der Waals surface area contributed by atoms with Crippen LogP contribution in [0.15, 0.2) is 12.1 Å². The van der Waals surface area contributed by atoms with Crippen molar-refractivity contribution in [3.05, 3.63) is 23.3 Å². The Bertz CT molecular complexity index is 376. The van der Waals surface area contributed by atoms with Crippen molar-refractivity contribution >= 4 is 0 Å². The van der Waals surface area contributed by atoms with Crippen molar-refractivity contribution in [3.8, 4) is 11.5 Å². The molecule has 1 heterocycles. The van der Waals surface area contributed by atoms with Gasteiger partial charge in [0.05, 0.1) is 6.61 Å². The number of rotatable bonds is 3. The summed E-state index contributed by atoms with van der Waals surface area (Å²) < 4.78 is 5.52. The molecule has 0 radical (unpaired) electrons. The zero-order chi connectivity index (χ0) is 11.5. The number of benzene rings is 1. The largest absolute Gasteiger partial charge is 0.504 e. The second-order valence-electron chi connectivity index (χ2n) is 4.29. The van der Waals surface area contributed by atoms with Crippen molar-refractivity contribution < 1.29 is 9.84 Å². The number of phenols is 1. The summed E-state index contributed by atoms with van der Waals surface area (Å²) in [5.41, 5.74) is 2.47. The number of nitrogens with one attached hydrogen (secondary N) is 1. The van der Waals surface area contributed by atoms with E-state index < -0.39 is 0 Å². The van der Waals surface area contributed by atoms with E-state index in [0.717, 1.165) is 19.4 Å². The highest BCUT2D eigenvalue weighted by Gasteiger charge is 2.18. The van der Waals surface area contributed by atoms with Gasteiger partial charge in [-0.2, -0.15) is 0 Å². The molecule has 1 aromatic rings. The maximum absolute atomic E-state index is 9.83. The third-order valence-corrected chi connectivity index (χ3v) is 2.99. The van der Waals surface area contributed by atoms with Gasteiger partial charge in [-0.3, -0.25) is 0 Å². The fraction of sp³-hybridized carbons (Fsp3) is 0.538. The van der Waals surface area contributed by atoms with E-state index in [0.29, 0.717) is 18.4 Å². The smallest absolute Gasteiger partial charge is 0.161 e. The van der Waals surface area contributed by atoms with Crippen LogP contribution < -0.4 is 10.1 Å². The van der Waals surface area contributed by atoms with Gasteiger partial charge in [0, 0.05) is 6.04 Å². The minimum Gasteiger partial charge on any atom is -0.504 e. The van der Waals surface area contributed by atoms with Gasteiger partial charge in [0.15, 0.2) is 11.5 Å². The number of hydrogen-bond acceptors (Lipinski definition) is 3. The molecule has 0 fully saturated rings. The number of aromatic hydroxyl groups is 1. The molecule has 1 atom stereocenters. The average Bonchev–Trinajstić information content (AvgIpc) is 2.27. The molecule has 88 valence electrons. The lowest BCUT2D eigenvalue weighted by atomic mass is 9.95.